The number of non-ortho nitro benzene ring substituents is 1. The summed E-state index contributed by atoms with van der Waals surface area (Å²) in [5.41, 5.74) is 0.225. The summed E-state index contributed by atoms with van der Waals surface area (Å²) in [6.45, 7) is 0. The molecule has 0 amide bonds. The van der Waals surface area contributed by atoms with Crippen molar-refractivity contribution in [2.45, 2.75) is 0 Å². The van der Waals surface area contributed by atoms with Gasteiger partial charge in [-0.3, -0.25) is 10.1 Å². The Balaban J connectivity index is 2.91. The molecule has 0 bridgehead atoms. The molecule has 0 atom stereocenters. The molecule has 1 aromatic carbocycles. The summed E-state index contributed by atoms with van der Waals surface area (Å²) in [7, 11) is 0. The standard InChI is InChI=1S/C8H3Cl2N3O2/c9-7-6-4(11-8(10)12-7)2-1-3-5(6)13(14)15/h1-3H. The number of aromatic nitrogens is 2. The van der Waals surface area contributed by atoms with E-state index in [-0.39, 0.29) is 21.5 Å². The summed E-state index contributed by atoms with van der Waals surface area (Å²) in [6, 6.07) is 4.44. The van der Waals surface area contributed by atoms with Crippen LogP contribution in [0.25, 0.3) is 10.9 Å². The minimum absolute atomic E-state index is 0.0164. The van der Waals surface area contributed by atoms with Gasteiger partial charge in [0.1, 0.15) is 10.5 Å². The topological polar surface area (TPSA) is 68.9 Å². The summed E-state index contributed by atoms with van der Waals surface area (Å²) in [4.78, 5) is 17.7. The Bertz CT molecular complexity index is 559. The summed E-state index contributed by atoms with van der Waals surface area (Å²) < 4.78 is 0. The smallest absolute Gasteiger partial charge is 0.258 e. The Morgan fingerprint density at radius 3 is 2.67 bits per heavy atom. The number of benzene rings is 1. The first-order chi connectivity index (χ1) is 7.09. The molecule has 0 aliphatic heterocycles. The first kappa shape index (κ1) is 10.1. The quantitative estimate of drug-likeness (QED) is 0.334. The summed E-state index contributed by atoms with van der Waals surface area (Å²) in [5, 5.41) is 10.9. The van der Waals surface area contributed by atoms with E-state index in [0.717, 1.165) is 0 Å². The van der Waals surface area contributed by atoms with Crippen molar-refractivity contribution < 1.29 is 4.92 Å². The van der Waals surface area contributed by atoms with Gasteiger partial charge in [0.25, 0.3) is 5.69 Å². The van der Waals surface area contributed by atoms with Crippen molar-refractivity contribution >= 4 is 39.8 Å². The van der Waals surface area contributed by atoms with E-state index < -0.39 is 4.92 Å². The number of hydrogen-bond acceptors (Lipinski definition) is 4. The van der Waals surface area contributed by atoms with Crippen LogP contribution in [0.1, 0.15) is 0 Å². The van der Waals surface area contributed by atoms with Gasteiger partial charge in [-0.2, -0.15) is 0 Å². The van der Waals surface area contributed by atoms with E-state index in [0.29, 0.717) is 5.52 Å². The van der Waals surface area contributed by atoms with Gasteiger partial charge in [0.2, 0.25) is 5.28 Å². The van der Waals surface area contributed by atoms with Gasteiger partial charge in [-0.25, -0.2) is 9.97 Å². The zero-order chi connectivity index (χ0) is 11.0. The fourth-order valence-electron chi connectivity index (χ4n) is 1.25. The van der Waals surface area contributed by atoms with Crippen LogP contribution in [0.4, 0.5) is 5.69 Å². The molecule has 0 saturated carbocycles. The Hall–Kier alpha value is -1.46. The number of nitro benzene ring substituents is 1. The first-order valence-corrected chi connectivity index (χ1v) is 4.61. The van der Waals surface area contributed by atoms with Crippen molar-refractivity contribution in [3.05, 3.63) is 38.8 Å². The molecule has 76 valence electrons. The van der Waals surface area contributed by atoms with Crippen molar-refractivity contribution in [1.82, 2.24) is 9.97 Å². The third-order valence-corrected chi connectivity index (χ3v) is 2.27. The van der Waals surface area contributed by atoms with Gasteiger partial charge in [0.15, 0.2) is 0 Å². The number of rotatable bonds is 1. The van der Waals surface area contributed by atoms with Gasteiger partial charge in [-0.1, -0.05) is 17.7 Å². The van der Waals surface area contributed by atoms with Gasteiger partial charge >= 0.3 is 0 Å². The molecule has 7 heteroatoms. The second-order valence-corrected chi connectivity index (χ2v) is 3.41. The average Bonchev–Trinajstić information content (AvgIpc) is 2.16. The predicted molar refractivity (Wildman–Crippen MR) is 56.2 cm³/mol. The van der Waals surface area contributed by atoms with Crippen LogP contribution in [0, 0.1) is 10.1 Å². The van der Waals surface area contributed by atoms with E-state index in [4.69, 9.17) is 23.2 Å². The summed E-state index contributed by atoms with van der Waals surface area (Å²) in [6.07, 6.45) is 0. The summed E-state index contributed by atoms with van der Waals surface area (Å²) in [5.74, 6) is 0. The lowest BCUT2D eigenvalue weighted by Crippen LogP contribution is -1.93. The van der Waals surface area contributed by atoms with Crippen molar-refractivity contribution in [3.8, 4) is 0 Å². The number of halogens is 2. The largest absolute Gasteiger partial charge is 0.281 e. The molecule has 15 heavy (non-hydrogen) atoms. The molecular formula is C8H3Cl2N3O2. The maximum Gasteiger partial charge on any atom is 0.281 e. The van der Waals surface area contributed by atoms with Gasteiger partial charge in [0.05, 0.1) is 10.4 Å². The Labute approximate surface area is 93.8 Å². The van der Waals surface area contributed by atoms with Crippen LogP contribution in [0.2, 0.25) is 10.4 Å². The van der Waals surface area contributed by atoms with Crippen LogP contribution in [-0.2, 0) is 0 Å². The number of nitro groups is 1. The van der Waals surface area contributed by atoms with E-state index in [2.05, 4.69) is 9.97 Å². The molecule has 0 fully saturated rings. The van der Waals surface area contributed by atoms with Crippen LogP contribution in [0.15, 0.2) is 18.2 Å². The number of fused-ring (bicyclic) bond motifs is 1. The minimum atomic E-state index is -0.536. The highest BCUT2D eigenvalue weighted by molar-refractivity contribution is 6.36. The second-order valence-electron chi connectivity index (χ2n) is 2.71. The van der Waals surface area contributed by atoms with Crippen molar-refractivity contribution in [2.24, 2.45) is 0 Å². The predicted octanol–water partition coefficient (Wildman–Crippen LogP) is 2.84. The SMILES string of the molecule is O=[N+]([O-])c1cccc2nc(Cl)nc(Cl)c12. The molecule has 2 aromatic rings. The van der Waals surface area contributed by atoms with E-state index >= 15 is 0 Å². The molecule has 0 saturated heterocycles. The van der Waals surface area contributed by atoms with Gasteiger partial charge < -0.3 is 0 Å². The van der Waals surface area contributed by atoms with E-state index in [1.165, 1.54) is 12.1 Å². The molecule has 0 aliphatic rings. The summed E-state index contributed by atoms with van der Waals surface area (Å²) >= 11 is 11.4. The molecule has 0 unspecified atom stereocenters. The third-order valence-electron chi connectivity index (χ3n) is 1.83. The lowest BCUT2D eigenvalue weighted by molar-refractivity contribution is -0.383. The van der Waals surface area contributed by atoms with Crippen molar-refractivity contribution in [3.63, 3.8) is 0 Å². The molecule has 1 heterocycles. The van der Waals surface area contributed by atoms with Crippen LogP contribution < -0.4 is 0 Å². The number of hydrogen-bond donors (Lipinski definition) is 0. The normalized spacial score (nSPS) is 10.5. The lowest BCUT2D eigenvalue weighted by Gasteiger charge is -2.00. The zero-order valence-electron chi connectivity index (χ0n) is 7.15. The van der Waals surface area contributed by atoms with Crippen LogP contribution in [0.3, 0.4) is 0 Å². The lowest BCUT2D eigenvalue weighted by atomic mass is 10.2. The zero-order valence-corrected chi connectivity index (χ0v) is 8.66. The Kier molecular flexibility index (Phi) is 2.42. The number of nitrogens with zero attached hydrogens (tertiary/aromatic N) is 3. The van der Waals surface area contributed by atoms with Crippen LogP contribution >= 0.6 is 23.2 Å². The Morgan fingerprint density at radius 2 is 2.00 bits per heavy atom. The monoisotopic (exact) mass is 243 g/mol. The highest BCUT2D eigenvalue weighted by Gasteiger charge is 2.16. The Morgan fingerprint density at radius 1 is 1.27 bits per heavy atom. The van der Waals surface area contributed by atoms with Gasteiger partial charge in [-0.05, 0) is 17.7 Å². The van der Waals surface area contributed by atoms with Crippen LogP contribution in [0.5, 0.6) is 0 Å². The van der Waals surface area contributed by atoms with Crippen LogP contribution in [-0.4, -0.2) is 14.9 Å². The molecular weight excluding hydrogens is 241 g/mol. The first-order valence-electron chi connectivity index (χ1n) is 3.86. The molecule has 2 rings (SSSR count). The van der Waals surface area contributed by atoms with Crippen molar-refractivity contribution in [2.75, 3.05) is 0 Å². The van der Waals surface area contributed by atoms with E-state index in [1.54, 1.807) is 6.07 Å². The maximum atomic E-state index is 10.7. The molecule has 0 radical (unpaired) electrons. The fourth-order valence-corrected chi connectivity index (χ4v) is 1.74. The fraction of sp³-hybridized carbons (Fsp3) is 0. The second kappa shape index (κ2) is 3.60. The van der Waals surface area contributed by atoms with Crippen molar-refractivity contribution in [1.29, 1.82) is 0 Å². The average molecular weight is 244 g/mol. The minimum Gasteiger partial charge on any atom is -0.258 e. The molecule has 0 spiro atoms. The third kappa shape index (κ3) is 1.71. The van der Waals surface area contributed by atoms with E-state index in [1.807, 2.05) is 0 Å². The highest BCUT2D eigenvalue weighted by atomic mass is 35.5. The molecule has 0 N–H and O–H groups in total. The maximum absolute atomic E-state index is 10.7. The van der Waals surface area contributed by atoms with E-state index in [9.17, 15) is 10.1 Å². The van der Waals surface area contributed by atoms with Gasteiger partial charge in [0, 0.05) is 6.07 Å². The molecule has 1 aromatic heterocycles. The van der Waals surface area contributed by atoms with Gasteiger partial charge in [-0.15, -0.1) is 0 Å². The molecule has 5 nitrogen and oxygen atoms in total. The highest BCUT2D eigenvalue weighted by Crippen LogP contribution is 2.30. The molecule has 0 aliphatic carbocycles.